The molecule has 0 saturated carbocycles. The van der Waals surface area contributed by atoms with Crippen molar-refractivity contribution in [2.45, 2.75) is 20.3 Å². The Kier molecular flexibility index (Phi) is 5.21. The van der Waals surface area contributed by atoms with Gasteiger partial charge in [-0.2, -0.15) is 0 Å². The fourth-order valence-corrected chi connectivity index (χ4v) is 0.304. The van der Waals surface area contributed by atoms with Crippen LogP contribution in [0.3, 0.4) is 0 Å². The standard InChI is InChI=1S/C6H13NO2/c1-6(2)7-9-5-3-4-8/h8H,3-5H2,1-2H3. The van der Waals surface area contributed by atoms with Gasteiger partial charge in [-0.05, 0) is 13.8 Å². The summed E-state index contributed by atoms with van der Waals surface area (Å²) < 4.78 is 0. The zero-order chi connectivity index (χ0) is 7.11. The molecule has 0 unspecified atom stereocenters. The van der Waals surface area contributed by atoms with E-state index in [9.17, 15) is 0 Å². The van der Waals surface area contributed by atoms with Crippen LogP contribution in [-0.4, -0.2) is 24.0 Å². The molecule has 54 valence electrons. The maximum absolute atomic E-state index is 8.30. The Balaban J connectivity index is 3.00. The molecule has 9 heavy (non-hydrogen) atoms. The number of aliphatic hydroxyl groups excluding tert-OH is 1. The highest BCUT2D eigenvalue weighted by atomic mass is 16.6. The summed E-state index contributed by atoms with van der Waals surface area (Å²) in [6.45, 7) is 4.39. The second-order valence-electron chi connectivity index (χ2n) is 1.95. The Morgan fingerprint density at radius 1 is 1.56 bits per heavy atom. The van der Waals surface area contributed by atoms with Crippen molar-refractivity contribution < 1.29 is 9.94 Å². The second-order valence-corrected chi connectivity index (χ2v) is 1.95. The first-order valence-corrected chi connectivity index (χ1v) is 3.01. The van der Waals surface area contributed by atoms with E-state index in [0.29, 0.717) is 13.0 Å². The van der Waals surface area contributed by atoms with Crippen molar-refractivity contribution in [1.29, 1.82) is 0 Å². The fraction of sp³-hybridized carbons (Fsp3) is 0.833. The Morgan fingerprint density at radius 3 is 2.67 bits per heavy atom. The first kappa shape index (κ1) is 8.43. The molecule has 0 saturated heterocycles. The first-order chi connectivity index (χ1) is 4.27. The zero-order valence-corrected chi connectivity index (χ0v) is 5.92. The molecule has 3 nitrogen and oxygen atoms in total. The van der Waals surface area contributed by atoms with Crippen LogP contribution in [0.5, 0.6) is 0 Å². The molecule has 0 heterocycles. The van der Waals surface area contributed by atoms with Crippen molar-refractivity contribution in [3.63, 3.8) is 0 Å². The fourth-order valence-electron chi connectivity index (χ4n) is 0.304. The first-order valence-electron chi connectivity index (χ1n) is 3.01. The number of hydrogen-bond donors (Lipinski definition) is 1. The average Bonchev–Trinajstić information content (AvgIpc) is 1.80. The van der Waals surface area contributed by atoms with Crippen molar-refractivity contribution in [2.75, 3.05) is 13.2 Å². The van der Waals surface area contributed by atoms with Crippen LogP contribution < -0.4 is 0 Å². The van der Waals surface area contributed by atoms with Crippen molar-refractivity contribution in [3.05, 3.63) is 0 Å². The molecule has 0 atom stereocenters. The van der Waals surface area contributed by atoms with Crippen LogP contribution in [-0.2, 0) is 4.84 Å². The molecule has 3 heteroatoms. The summed E-state index contributed by atoms with van der Waals surface area (Å²) in [6, 6.07) is 0. The largest absolute Gasteiger partial charge is 0.396 e. The highest BCUT2D eigenvalue weighted by molar-refractivity contribution is 5.78. The molecule has 0 aromatic heterocycles. The molecule has 1 N–H and O–H groups in total. The van der Waals surface area contributed by atoms with E-state index >= 15 is 0 Å². The van der Waals surface area contributed by atoms with Crippen LogP contribution in [0, 0.1) is 0 Å². The minimum absolute atomic E-state index is 0.165. The van der Waals surface area contributed by atoms with E-state index in [4.69, 9.17) is 9.94 Å². The molecular formula is C6H13NO2. The van der Waals surface area contributed by atoms with Crippen molar-refractivity contribution in [3.8, 4) is 0 Å². The Morgan fingerprint density at radius 2 is 2.22 bits per heavy atom. The number of aliphatic hydroxyl groups is 1. The molecule has 0 aliphatic heterocycles. The molecule has 0 aromatic rings. The molecule has 0 spiro atoms. The normalized spacial score (nSPS) is 8.78. The summed E-state index contributed by atoms with van der Waals surface area (Å²) in [5, 5.41) is 12.0. The molecule has 0 bridgehead atoms. The van der Waals surface area contributed by atoms with Gasteiger partial charge in [0.05, 0.1) is 5.71 Å². The molecule has 0 radical (unpaired) electrons. The van der Waals surface area contributed by atoms with Crippen LogP contribution in [0.15, 0.2) is 5.16 Å². The van der Waals surface area contributed by atoms with Gasteiger partial charge in [-0.15, -0.1) is 0 Å². The maximum Gasteiger partial charge on any atom is 0.119 e. The maximum atomic E-state index is 8.30. The number of oxime groups is 1. The number of hydrogen-bond acceptors (Lipinski definition) is 3. The molecule has 0 aromatic carbocycles. The Bertz CT molecular complexity index is 87.1. The third-order valence-electron chi connectivity index (χ3n) is 0.641. The van der Waals surface area contributed by atoms with Gasteiger partial charge in [0.2, 0.25) is 0 Å². The Hall–Kier alpha value is -0.570. The third-order valence-corrected chi connectivity index (χ3v) is 0.641. The lowest BCUT2D eigenvalue weighted by molar-refractivity contribution is 0.123. The van der Waals surface area contributed by atoms with Gasteiger partial charge in [-0.25, -0.2) is 0 Å². The molecule has 0 aliphatic rings. The van der Waals surface area contributed by atoms with E-state index < -0.39 is 0 Å². The lowest BCUT2D eigenvalue weighted by Gasteiger charge is -1.95. The minimum Gasteiger partial charge on any atom is -0.396 e. The molecular weight excluding hydrogens is 118 g/mol. The Labute approximate surface area is 55.3 Å². The van der Waals surface area contributed by atoms with E-state index in [0.717, 1.165) is 5.71 Å². The lowest BCUT2D eigenvalue weighted by atomic mass is 10.5. The van der Waals surface area contributed by atoms with E-state index in [1.165, 1.54) is 0 Å². The molecule has 0 rings (SSSR count). The molecule has 0 aliphatic carbocycles. The highest BCUT2D eigenvalue weighted by Crippen LogP contribution is 1.82. The van der Waals surface area contributed by atoms with Gasteiger partial charge in [0.25, 0.3) is 0 Å². The van der Waals surface area contributed by atoms with Gasteiger partial charge >= 0.3 is 0 Å². The smallest absolute Gasteiger partial charge is 0.119 e. The minimum atomic E-state index is 0.165. The summed E-state index contributed by atoms with van der Waals surface area (Å²) in [7, 11) is 0. The van der Waals surface area contributed by atoms with E-state index in [1.807, 2.05) is 13.8 Å². The SMILES string of the molecule is CC(C)=NOCCCO. The van der Waals surface area contributed by atoms with Gasteiger partial charge in [0.1, 0.15) is 6.61 Å². The summed E-state index contributed by atoms with van der Waals surface area (Å²) in [4.78, 5) is 4.76. The lowest BCUT2D eigenvalue weighted by Crippen LogP contribution is -1.93. The van der Waals surface area contributed by atoms with E-state index in [1.54, 1.807) is 0 Å². The summed E-state index contributed by atoms with van der Waals surface area (Å²) in [5.74, 6) is 0. The van der Waals surface area contributed by atoms with Gasteiger partial charge in [0.15, 0.2) is 0 Å². The third kappa shape index (κ3) is 7.43. The van der Waals surface area contributed by atoms with Crippen molar-refractivity contribution in [2.24, 2.45) is 5.16 Å². The topological polar surface area (TPSA) is 41.8 Å². The van der Waals surface area contributed by atoms with Gasteiger partial charge in [-0.1, -0.05) is 5.16 Å². The van der Waals surface area contributed by atoms with Crippen molar-refractivity contribution in [1.82, 2.24) is 0 Å². The van der Waals surface area contributed by atoms with Gasteiger partial charge in [-0.3, -0.25) is 0 Å². The molecule has 0 amide bonds. The van der Waals surface area contributed by atoms with Crippen LogP contribution in [0.4, 0.5) is 0 Å². The summed E-state index contributed by atoms with van der Waals surface area (Å²) in [5.41, 5.74) is 0.896. The predicted molar refractivity (Wildman–Crippen MR) is 36.4 cm³/mol. The number of rotatable bonds is 4. The average molecular weight is 131 g/mol. The highest BCUT2D eigenvalue weighted by Gasteiger charge is 1.82. The molecule has 0 fully saturated rings. The van der Waals surface area contributed by atoms with Gasteiger partial charge in [0, 0.05) is 13.0 Å². The van der Waals surface area contributed by atoms with Crippen LogP contribution in [0.2, 0.25) is 0 Å². The second kappa shape index (κ2) is 5.56. The van der Waals surface area contributed by atoms with E-state index in [-0.39, 0.29) is 6.61 Å². The van der Waals surface area contributed by atoms with Crippen LogP contribution in [0.25, 0.3) is 0 Å². The quantitative estimate of drug-likeness (QED) is 0.348. The van der Waals surface area contributed by atoms with Gasteiger partial charge < -0.3 is 9.94 Å². The monoisotopic (exact) mass is 131 g/mol. The summed E-state index contributed by atoms with van der Waals surface area (Å²) >= 11 is 0. The van der Waals surface area contributed by atoms with Crippen molar-refractivity contribution >= 4 is 5.71 Å². The zero-order valence-electron chi connectivity index (χ0n) is 5.92. The summed E-state index contributed by atoms with van der Waals surface area (Å²) in [6.07, 6.45) is 0.650. The van der Waals surface area contributed by atoms with Crippen LogP contribution >= 0.6 is 0 Å². The predicted octanol–water partition coefficient (Wildman–Crippen LogP) is 0.781. The van der Waals surface area contributed by atoms with E-state index in [2.05, 4.69) is 5.16 Å². The van der Waals surface area contributed by atoms with Crippen LogP contribution in [0.1, 0.15) is 20.3 Å². The number of nitrogens with zero attached hydrogens (tertiary/aromatic N) is 1.